The number of hydrogen-bond donors (Lipinski definition) is 2. The van der Waals surface area contributed by atoms with Crippen LogP contribution in [0.1, 0.15) is 18.2 Å². The van der Waals surface area contributed by atoms with Crippen molar-refractivity contribution in [2.24, 2.45) is 0 Å². The third-order valence-corrected chi connectivity index (χ3v) is 3.52. The number of phosphoric ester groups is 1. The Hall–Kier alpha value is -0.110. The van der Waals surface area contributed by atoms with Crippen LogP contribution in [-0.4, -0.2) is 82.2 Å². The van der Waals surface area contributed by atoms with Crippen LogP contribution in [0.3, 0.4) is 0 Å². The number of aromatic nitrogens is 2. The van der Waals surface area contributed by atoms with Crippen molar-refractivity contribution in [2.75, 3.05) is 6.61 Å². The Kier molecular flexibility index (Phi) is 11.0. The van der Waals surface area contributed by atoms with E-state index >= 15 is 0 Å². The van der Waals surface area contributed by atoms with Gasteiger partial charge in [0.05, 0.1) is 20.5 Å². The number of aryl methyl sites for hydroxylation is 1. The molecular formula is C10H17CaN2O10P. The molecule has 2 heterocycles. The molecule has 1 aliphatic heterocycles. The van der Waals surface area contributed by atoms with Crippen molar-refractivity contribution in [1.29, 1.82) is 0 Å². The maximum absolute atomic E-state index is 11.7. The van der Waals surface area contributed by atoms with E-state index in [-0.39, 0.29) is 60.7 Å². The van der Waals surface area contributed by atoms with Gasteiger partial charge in [0.1, 0.15) is 12.3 Å². The van der Waals surface area contributed by atoms with Crippen molar-refractivity contribution >= 4 is 45.6 Å². The molecule has 134 valence electrons. The van der Waals surface area contributed by atoms with Crippen LogP contribution >= 0.6 is 7.82 Å². The molecule has 1 aliphatic rings. The topological polar surface area (TPSA) is 220 Å². The minimum atomic E-state index is -5.17. The molecular weight excluding hydrogens is 379 g/mol. The Balaban J connectivity index is 0. The van der Waals surface area contributed by atoms with Gasteiger partial charge in [-0.25, -0.2) is 4.79 Å². The van der Waals surface area contributed by atoms with Gasteiger partial charge in [0.25, 0.3) is 5.56 Å². The molecule has 24 heavy (non-hydrogen) atoms. The smallest absolute Gasteiger partial charge is 0.790 e. The fourth-order valence-corrected chi connectivity index (χ4v) is 2.33. The van der Waals surface area contributed by atoms with Crippen LogP contribution in [0.25, 0.3) is 0 Å². The summed E-state index contributed by atoms with van der Waals surface area (Å²) in [5.74, 6) is 0. The molecule has 0 amide bonds. The average Bonchev–Trinajstić information content (AvgIpc) is 2.72. The number of rotatable bonds is 4. The van der Waals surface area contributed by atoms with Crippen LogP contribution in [0.15, 0.2) is 15.8 Å². The third-order valence-electron chi connectivity index (χ3n) is 3.06. The van der Waals surface area contributed by atoms with E-state index < -0.39 is 44.1 Å². The van der Waals surface area contributed by atoms with E-state index in [2.05, 4.69) is 9.51 Å². The number of aliphatic hydroxyl groups excluding tert-OH is 1. The van der Waals surface area contributed by atoms with Crippen LogP contribution in [0, 0.1) is 6.92 Å². The molecule has 0 saturated carbocycles. The van der Waals surface area contributed by atoms with Crippen molar-refractivity contribution in [1.82, 2.24) is 9.55 Å². The van der Waals surface area contributed by atoms with Crippen molar-refractivity contribution in [3.63, 3.8) is 0 Å². The normalized spacial score (nSPS) is 22.9. The molecule has 0 radical (unpaired) electrons. The van der Waals surface area contributed by atoms with Crippen LogP contribution < -0.4 is 21.0 Å². The fourth-order valence-electron chi connectivity index (χ4n) is 2.00. The van der Waals surface area contributed by atoms with Gasteiger partial charge in [-0.3, -0.25) is 14.3 Å². The molecule has 1 fully saturated rings. The second-order valence-electron chi connectivity index (χ2n) is 4.65. The first kappa shape index (κ1) is 26.1. The van der Waals surface area contributed by atoms with Gasteiger partial charge in [0.2, 0.25) is 0 Å². The zero-order valence-corrected chi connectivity index (χ0v) is 15.7. The van der Waals surface area contributed by atoms with Gasteiger partial charge in [-0.1, -0.05) is 0 Å². The number of hydrogen-bond acceptors (Lipinski definition) is 8. The van der Waals surface area contributed by atoms with Gasteiger partial charge >= 0.3 is 43.4 Å². The predicted octanol–water partition coefficient (Wildman–Crippen LogP) is -4.69. The Bertz CT molecular complexity index is 685. The molecule has 0 unspecified atom stereocenters. The minimum absolute atomic E-state index is 0. The average molecular weight is 396 g/mol. The number of phosphoric acid groups is 1. The standard InChI is InChI=1S/C10H15N2O8P.Ca.2H2O/c1-5-3-12(10(15)11-9(5)14)8-2-6(13)7(20-8)4-19-21(16,17)18;;;/h3,6-8,13H,2,4H2,1H3,(H,11,14,15)(H2,16,17,18);;2*1H2/q;+2;;/p-2/t6-,7+,8+;;;/m0.../s1. The number of nitrogens with one attached hydrogen (secondary N) is 1. The summed E-state index contributed by atoms with van der Waals surface area (Å²) >= 11 is 0. The molecule has 0 aliphatic carbocycles. The molecule has 2 rings (SSSR count). The van der Waals surface area contributed by atoms with Gasteiger partial charge in [0.15, 0.2) is 0 Å². The summed E-state index contributed by atoms with van der Waals surface area (Å²) in [5, 5.41) is 9.75. The Labute approximate surface area is 165 Å². The molecule has 1 aromatic rings. The first-order valence-corrected chi connectivity index (χ1v) is 7.45. The van der Waals surface area contributed by atoms with Gasteiger partial charge in [-0.2, -0.15) is 0 Å². The molecule has 1 aromatic heterocycles. The molecule has 12 nitrogen and oxygen atoms in total. The van der Waals surface area contributed by atoms with Crippen LogP contribution in [-0.2, 0) is 13.8 Å². The van der Waals surface area contributed by atoms with Crippen molar-refractivity contribution in [2.45, 2.75) is 31.8 Å². The van der Waals surface area contributed by atoms with Gasteiger partial charge < -0.3 is 39.7 Å². The third kappa shape index (κ3) is 6.65. The number of nitrogens with zero attached hydrogens (tertiary/aromatic N) is 1. The van der Waals surface area contributed by atoms with Gasteiger partial charge in [-0.15, -0.1) is 0 Å². The van der Waals surface area contributed by atoms with Crippen molar-refractivity contribution in [3.05, 3.63) is 32.6 Å². The summed E-state index contributed by atoms with van der Waals surface area (Å²) in [7, 11) is -5.17. The largest absolute Gasteiger partial charge is 2.00 e. The van der Waals surface area contributed by atoms with E-state index in [4.69, 9.17) is 4.74 Å². The summed E-state index contributed by atoms with van der Waals surface area (Å²) in [6, 6.07) is 0. The summed E-state index contributed by atoms with van der Waals surface area (Å²) < 4.78 is 20.8. The van der Waals surface area contributed by atoms with Gasteiger partial charge in [-0.05, 0) is 6.92 Å². The zero-order chi connectivity index (χ0) is 15.8. The fraction of sp³-hybridized carbons (Fsp3) is 0.600. The molecule has 0 spiro atoms. The van der Waals surface area contributed by atoms with Crippen molar-refractivity contribution < 1.29 is 39.7 Å². The quantitative estimate of drug-likeness (QED) is 0.371. The minimum Gasteiger partial charge on any atom is -0.790 e. The summed E-state index contributed by atoms with van der Waals surface area (Å²) in [6.07, 6.45) is -1.81. The van der Waals surface area contributed by atoms with E-state index in [1.54, 1.807) is 0 Å². The number of aliphatic hydroxyl groups is 1. The van der Waals surface area contributed by atoms with Crippen molar-refractivity contribution in [3.8, 4) is 0 Å². The number of ether oxygens (including phenoxy) is 1. The Morgan fingerprint density at radius 1 is 1.46 bits per heavy atom. The van der Waals surface area contributed by atoms with E-state index in [0.717, 1.165) is 4.57 Å². The van der Waals surface area contributed by atoms with E-state index in [0.29, 0.717) is 0 Å². The Morgan fingerprint density at radius 2 is 2.04 bits per heavy atom. The molecule has 6 N–H and O–H groups in total. The van der Waals surface area contributed by atoms with Crippen LogP contribution in [0.5, 0.6) is 0 Å². The van der Waals surface area contributed by atoms with Crippen LogP contribution in [0.2, 0.25) is 0 Å². The first-order valence-electron chi connectivity index (χ1n) is 5.99. The summed E-state index contributed by atoms with van der Waals surface area (Å²) in [6.45, 7) is 0.852. The molecule has 1 saturated heterocycles. The monoisotopic (exact) mass is 396 g/mol. The zero-order valence-electron chi connectivity index (χ0n) is 12.6. The summed E-state index contributed by atoms with van der Waals surface area (Å²) in [5.41, 5.74) is -0.980. The SMILES string of the molecule is Cc1cn([C@H]2C[C@H](O)[C@@H](COP(=O)([O-])[O-])O2)c(=O)[nH]c1=O.O.O.[Ca+2]. The van der Waals surface area contributed by atoms with E-state index in [1.165, 1.54) is 13.1 Å². The second-order valence-corrected chi connectivity index (χ2v) is 5.81. The predicted molar refractivity (Wildman–Crippen MR) is 77.1 cm³/mol. The first-order chi connectivity index (χ1) is 9.67. The van der Waals surface area contributed by atoms with Gasteiger partial charge in [0, 0.05) is 18.2 Å². The molecule has 0 bridgehead atoms. The van der Waals surface area contributed by atoms with E-state index in [9.17, 15) is 29.0 Å². The number of H-pyrrole nitrogens is 1. The maximum atomic E-state index is 11.7. The second kappa shape index (κ2) is 10.1. The Morgan fingerprint density at radius 3 is 2.58 bits per heavy atom. The van der Waals surface area contributed by atoms with Crippen LogP contribution in [0.4, 0.5) is 0 Å². The molecule has 3 atom stereocenters. The van der Waals surface area contributed by atoms with E-state index in [1.807, 2.05) is 0 Å². The molecule has 0 aromatic carbocycles. The molecule has 14 heteroatoms. The maximum Gasteiger partial charge on any atom is 2.00 e. The summed E-state index contributed by atoms with van der Waals surface area (Å²) in [4.78, 5) is 45.8. The number of aromatic amines is 1.